The highest BCUT2D eigenvalue weighted by atomic mass is 16.5. The van der Waals surface area contributed by atoms with Crippen molar-refractivity contribution < 1.29 is 19.4 Å². The first kappa shape index (κ1) is 15.5. The molecular weight excluding hydrogens is 270 g/mol. The van der Waals surface area contributed by atoms with E-state index in [0.29, 0.717) is 18.7 Å². The minimum atomic E-state index is -0.919. The molecule has 21 heavy (non-hydrogen) atoms. The van der Waals surface area contributed by atoms with Gasteiger partial charge in [0.2, 0.25) is 0 Å². The summed E-state index contributed by atoms with van der Waals surface area (Å²) in [6, 6.07) is 7.50. The molecule has 1 aliphatic rings. The summed E-state index contributed by atoms with van der Waals surface area (Å²) >= 11 is 0. The minimum Gasteiger partial charge on any atom is -0.481 e. The number of ether oxygens (including phenoxy) is 1. The van der Waals surface area contributed by atoms with E-state index < -0.39 is 11.6 Å². The van der Waals surface area contributed by atoms with E-state index >= 15 is 0 Å². The first-order chi connectivity index (χ1) is 9.92. The van der Waals surface area contributed by atoms with Crippen molar-refractivity contribution in [2.45, 2.75) is 38.7 Å². The van der Waals surface area contributed by atoms with Crippen molar-refractivity contribution in [2.75, 3.05) is 18.1 Å². The molecule has 0 bridgehead atoms. The number of carboxylic acids is 1. The largest absolute Gasteiger partial charge is 0.481 e. The molecule has 1 amide bonds. The molecule has 5 heteroatoms. The number of benzene rings is 1. The maximum atomic E-state index is 12.8. The molecule has 1 unspecified atom stereocenters. The van der Waals surface area contributed by atoms with Gasteiger partial charge in [-0.1, -0.05) is 17.7 Å². The molecule has 1 N–H and O–H groups in total. The molecule has 1 atom stereocenters. The number of rotatable bonds is 5. The molecule has 0 saturated carbocycles. The number of anilines is 1. The van der Waals surface area contributed by atoms with Gasteiger partial charge in [0, 0.05) is 18.8 Å². The third-order valence-electron chi connectivity index (χ3n) is 3.81. The standard InChI is InChI=1S/C16H21NO4/c1-12-4-6-13(7-5-12)17(10-8-14(18)19)15(20)16(2)9-3-11-21-16/h4-7H,3,8-11H2,1-2H3,(H,18,19). The predicted octanol–water partition coefficient (Wildman–Crippen LogP) is 2.37. The minimum absolute atomic E-state index is 0.0876. The van der Waals surface area contributed by atoms with Crippen LogP contribution in [0.15, 0.2) is 24.3 Å². The highest BCUT2D eigenvalue weighted by Gasteiger charge is 2.41. The van der Waals surface area contributed by atoms with Crippen LogP contribution >= 0.6 is 0 Å². The number of carbonyl (C=O) groups is 2. The van der Waals surface area contributed by atoms with Crippen LogP contribution in [0.4, 0.5) is 5.69 Å². The van der Waals surface area contributed by atoms with Crippen LogP contribution in [0.2, 0.25) is 0 Å². The molecule has 1 fully saturated rings. The van der Waals surface area contributed by atoms with Gasteiger partial charge >= 0.3 is 5.97 Å². The van der Waals surface area contributed by atoms with E-state index in [9.17, 15) is 9.59 Å². The zero-order valence-electron chi connectivity index (χ0n) is 12.5. The fourth-order valence-electron chi connectivity index (χ4n) is 2.51. The third kappa shape index (κ3) is 3.61. The lowest BCUT2D eigenvalue weighted by molar-refractivity contribution is -0.138. The number of carbonyl (C=O) groups excluding carboxylic acids is 1. The lowest BCUT2D eigenvalue weighted by Gasteiger charge is -2.31. The maximum absolute atomic E-state index is 12.8. The monoisotopic (exact) mass is 291 g/mol. The molecule has 0 aliphatic carbocycles. The topological polar surface area (TPSA) is 66.8 Å². The quantitative estimate of drug-likeness (QED) is 0.904. The Morgan fingerprint density at radius 2 is 2.00 bits per heavy atom. The zero-order chi connectivity index (χ0) is 15.5. The number of hydrogen-bond acceptors (Lipinski definition) is 3. The first-order valence-corrected chi connectivity index (χ1v) is 7.17. The molecule has 2 rings (SSSR count). The second-order valence-corrected chi connectivity index (χ2v) is 5.62. The molecule has 1 aliphatic heterocycles. The van der Waals surface area contributed by atoms with Gasteiger partial charge in [-0.2, -0.15) is 0 Å². The van der Waals surface area contributed by atoms with Gasteiger partial charge in [-0.25, -0.2) is 0 Å². The van der Waals surface area contributed by atoms with Crippen LogP contribution in [0, 0.1) is 6.92 Å². The Labute approximate surface area is 124 Å². The molecular formula is C16H21NO4. The Morgan fingerprint density at radius 3 is 2.52 bits per heavy atom. The number of carboxylic acid groups (broad SMARTS) is 1. The van der Waals surface area contributed by atoms with E-state index in [1.54, 1.807) is 6.92 Å². The van der Waals surface area contributed by atoms with Gasteiger partial charge in [-0.15, -0.1) is 0 Å². The van der Waals surface area contributed by atoms with Crippen molar-refractivity contribution in [3.05, 3.63) is 29.8 Å². The van der Waals surface area contributed by atoms with Crippen molar-refractivity contribution in [1.29, 1.82) is 0 Å². The number of amides is 1. The van der Waals surface area contributed by atoms with Crippen molar-refractivity contribution >= 4 is 17.6 Å². The van der Waals surface area contributed by atoms with Gasteiger partial charge < -0.3 is 14.7 Å². The highest BCUT2D eigenvalue weighted by molar-refractivity contribution is 5.99. The van der Waals surface area contributed by atoms with Crippen molar-refractivity contribution in [3.8, 4) is 0 Å². The van der Waals surface area contributed by atoms with Crippen LogP contribution in [0.1, 0.15) is 31.7 Å². The summed E-state index contributed by atoms with van der Waals surface area (Å²) in [5.74, 6) is -1.08. The van der Waals surface area contributed by atoms with E-state index in [0.717, 1.165) is 12.0 Å². The van der Waals surface area contributed by atoms with Gasteiger partial charge in [-0.3, -0.25) is 9.59 Å². The Morgan fingerprint density at radius 1 is 1.33 bits per heavy atom. The molecule has 0 aromatic heterocycles. The van der Waals surface area contributed by atoms with E-state index in [2.05, 4.69) is 0 Å². The van der Waals surface area contributed by atoms with E-state index in [1.807, 2.05) is 31.2 Å². The van der Waals surface area contributed by atoms with Gasteiger partial charge in [0.15, 0.2) is 0 Å². The van der Waals surface area contributed by atoms with Crippen LogP contribution in [-0.4, -0.2) is 35.7 Å². The van der Waals surface area contributed by atoms with Crippen LogP contribution in [0.3, 0.4) is 0 Å². The Bertz CT molecular complexity index is 518. The average Bonchev–Trinajstić information content (AvgIpc) is 2.88. The first-order valence-electron chi connectivity index (χ1n) is 7.17. The molecule has 1 aromatic carbocycles. The number of hydrogen-bond donors (Lipinski definition) is 1. The predicted molar refractivity (Wildman–Crippen MR) is 79.4 cm³/mol. The van der Waals surface area contributed by atoms with Crippen LogP contribution in [0.5, 0.6) is 0 Å². The van der Waals surface area contributed by atoms with Gasteiger partial charge in [0.25, 0.3) is 5.91 Å². The SMILES string of the molecule is Cc1ccc(N(CCC(=O)O)C(=O)C2(C)CCCO2)cc1. The smallest absolute Gasteiger partial charge is 0.305 e. The lowest BCUT2D eigenvalue weighted by Crippen LogP contribution is -2.47. The van der Waals surface area contributed by atoms with Gasteiger partial charge in [0.05, 0.1) is 6.42 Å². The fraction of sp³-hybridized carbons (Fsp3) is 0.500. The van der Waals surface area contributed by atoms with E-state index in [1.165, 1.54) is 4.90 Å². The third-order valence-corrected chi connectivity index (χ3v) is 3.81. The maximum Gasteiger partial charge on any atom is 0.305 e. The molecule has 1 aromatic rings. The normalized spacial score (nSPS) is 21.2. The van der Waals surface area contributed by atoms with Gasteiger partial charge in [0.1, 0.15) is 5.60 Å². The number of aliphatic carboxylic acids is 1. The highest BCUT2D eigenvalue weighted by Crippen LogP contribution is 2.29. The summed E-state index contributed by atoms with van der Waals surface area (Å²) in [6.45, 7) is 4.47. The summed E-state index contributed by atoms with van der Waals surface area (Å²) < 4.78 is 5.60. The second kappa shape index (κ2) is 6.26. The number of nitrogens with zero attached hydrogens (tertiary/aromatic N) is 1. The second-order valence-electron chi connectivity index (χ2n) is 5.62. The fourth-order valence-corrected chi connectivity index (χ4v) is 2.51. The van der Waals surface area contributed by atoms with Crippen molar-refractivity contribution in [3.63, 3.8) is 0 Å². The summed E-state index contributed by atoms with van der Waals surface area (Å²) in [5.41, 5.74) is 0.958. The molecule has 0 spiro atoms. The van der Waals surface area contributed by atoms with Crippen LogP contribution in [-0.2, 0) is 14.3 Å². The van der Waals surface area contributed by atoms with Crippen LogP contribution in [0.25, 0.3) is 0 Å². The Balaban J connectivity index is 2.24. The Hall–Kier alpha value is -1.88. The summed E-state index contributed by atoms with van der Waals surface area (Å²) in [4.78, 5) is 25.1. The summed E-state index contributed by atoms with van der Waals surface area (Å²) in [6.07, 6.45) is 1.43. The lowest BCUT2D eigenvalue weighted by atomic mass is 10.00. The number of aryl methyl sites for hydroxylation is 1. The Kier molecular flexibility index (Phi) is 4.63. The molecule has 0 radical (unpaired) electrons. The van der Waals surface area contributed by atoms with E-state index in [-0.39, 0.29) is 18.9 Å². The molecule has 114 valence electrons. The summed E-state index contributed by atoms with van der Waals surface area (Å²) in [5, 5.41) is 8.90. The van der Waals surface area contributed by atoms with Crippen molar-refractivity contribution in [1.82, 2.24) is 0 Å². The van der Waals surface area contributed by atoms with Crippen LogP contribution < -0.4 is 4.90 Å². The summed E-state index contributed by atoms with van der Waals surface area (Å²) in [7, 11) is 0. The zero-order valence-corrected chi connectivity index (χ0v) is 12.5. The van der Waals surface area contributed by atoms with E-state index in [4.69, 9.17) is 9.84 Å². The average molecular weight is 291 g/mol. The molecule has 1 heterocycles. The van der Waals surface area contributed by atoms with Crippen molar-refractivity contribution in [2.24, 2.45) is 0 Å². The molecule has 1 saturated heterocycles. The molecule has 5 nitrogen and oxygen atoms in total. The van der Waals surface area contributed by atoms with Gasteiger partial charge in [-0.05, 0) is 38.8 Å².